The SMILES string of the molecule is COc1ncnc(Cn2cc(C(=O)NCC3(O)CC3)c3nccnc32)c1C. The van der Waals surface area contributed by atoms with Crippen LogP contribution in [-0.2, 0) is 6.54 Å². The lowest BCUT2D eigenvalue weighted by Gasteiger charge is -2.09. The first-order valence-corrected chi connectivity index (χ1v) is 8.66. The van der Waals surface area contributed by atoms with Gasteiger partial charge in [-0.15, -0.1) is 0 Å². The number of carbonyl (C=O) groups excluding carboxylic acids is 1. The number of aliphatic hydroxyl groups is 1. The lowest BCUT2D eigenvalue weighted by molar-refractivity contribution is 0.0897. The predicted octanol–water partition coefficient (Wildman–Crippen LogP) is 0.841. The third-order valence-corrected chi connectivity index (χ3v) is 4.80. The third kappa shape index (κ3) is 3.33. The summed E-state index contributed by atoms with van der Waals surface area (Å²) >= 11 is 0. The summed E-state index contributed by atoms with van der Waals surface area (Å²) in [6.07, 6.45) is 7.72. The fourth-order valence-corrected chi connectivity index (χ4v) is 2.95. The van der Waals surface area contributed by atoms with Gasteiger partial charge in [-0.05, 0) is 19.8 Å². The Balaban J connectivity index is 1.66. The molecular formula is C18H20N6O3. The Labute approximate surface area is 155 Å². The van der Waals surface area contributed by atoms with Gasteiger partial charge in [0, 0.05) is 30.7 Å². The van der Waals surface area contributed by atoms with Crippen LogP contribution < -0.4 is 10.1 Å². The van der Waals surface area contributed by atoms with Gasteiger partial charge >= 0.3 is 0 Å². The predicted molar refractivity (Wildman–Crippen MR) is 96.5 cm³/mol. The number of hydrogen-bond acceptors (Lipinski definition) is 7. The maximum atomic E-state index is 12.6. The van der Waals surface area contributed by atoms with Crippen LogP contribution in [0.15, 0.2) is 24.9 Å². The molecule has 1 aliphatic carbocycles. The van der Waals surface area contributed by atoms with Crippen molar-refractivity contribution >= 4 is 17.1 Å². The molecule has 0 aliphatic heterocycles. The highest BCUT2D eigenvalue weighted by molar-refractivity contribution is 6.04. The minimum absolute atomic E-state index is 0.237. The van der Waals surface area contributed by atoms with Crippen LogP contribution in [0.5, 0.6) is 5.88 Å². The van der Waals surface area contributed by atoms with E-state index in [9.17, 15) is 9.90 Å². The smallest absolute Gasteiger partial charge is 0.255 e. The first kappa shape index (κ1) is 17.3. The van der Waals surface area contributed by atoms with Crippen molar-refractivity contribution in [2.75, 3.05) is 13.7 Å². The highest BCUT2D eigenvalue weighted by Crippen LogP contribution is 2.34. The van der Waals surface area contributed by atoms with Gasteiger partial charge in [-0.2, -0.15) is 0 Å². The van der Waals surface area contributed by atoms with Crippen molar-refractivity contribution in [1.29, 1.82) is 0 Å². The molecule has 0 saturated heterocycles. The second-order valence-electron chi connectivity index (χ2n) is 6.76. The van der Waals surface area contributed by atoms with Crippen molar-refractivity contribution in [3.05, 3.63) is 41.7 Å². The second kappa shape index (κ2) is 6.58. The van der Waals surface area contributed by atoms with Crippen LogP contribution in [0.3, 0.4) is 0 Å². The topological polar surface area (TPSA) is 115 Å². The molecular weight excluding hydrogens is 348 g/mol. The fourth-order valence-electron chi connectivity index (χ4n) is 2.95. The number of fused-ring (bicyclic) bond motifs is 1. The second-order valence-corrected chi connectivity index (χ2v) is 6.76. The zero-order valence-electron chi connectivity index (χ0n) is 15.1. The molecule has 4 rings (SSSR count). The average molecular weight is 368 g/mol. The number of hydrogen-bond donors (Lipinski definition) is 2. The van der Waals surface area contributed by atoms with Crippen molar-refractivity contribution in [2.45, 2.75) is 31.9 Å². The highest BCUT2D eigenvalue weighted by Gasteiger charge is 2.40. The minimum atomic E-state index is -0.756. The molecule has 0 spiro atoms. The summed E-state index contributed by atoms with van der Waals surface area (Å²) in [5.41, 5.74) is 2.35. The molecule has 9 nitrogen and oxygen atoms in total. The lowest BCUT2D eigenvalue weighted by atomic mass is 10.2. The Hall–Kier alpha value is -3.07. The van der Waals surface area contributed by atoms with Crippen LogP contribution >= 0.6 is 0 Å². The Morgan fingerprint density at radius 1 is 1.30 bits per heavy atom. The molecule has 3 aromatic rings. The first-order valence-electron chi connectivity index (χ1n) is 8.66. The zero-order chi connectivity index (χ0) is 19.0. The van der Waals surface area contributed by atoms with E-state index in [2.05, 4.69) is 25.3 Å². The van der Waals surface area contributed by atoms with E-state index in [-0.39, 0.29) is 12.5 Å². The van der Waals surface area contributed by atoms with Crippen LogP contribution in [0.1, 0.15) is 34.5 Å². The highest BCUT2D eigenvalue weighted by atomic mass is 16.5. The molecule has 3 aromatic heterocycles. The Bertz CT molecular complexity index is 1010. The van der Waals surface area contributed by atoms with E-state index in [0.717, 1.165) is 11.3 Å². The van der Waals surface area contributed by atoms with Gasteiger partial charge in [0.2, 0.25) is 5.88 Å². The molecule has 27 heavy (non-hydrogen) atoms. The van der Waals surface area contributed by atoms with E-state index in [1.54, 1.807) is 25.7 Å². The number of aromatic nitrogens is 5. The minimum Gasteiger partial charge on any atom is -0.481 e. The van der Waals surface area contributed by atoms with Gasteiger partial charge in [0.15, 0.2) is 5.65 Å². The largest absolute Gasteiger partial charge is 0.481 e. The molecule has 1 saturated carbocycles. The number of ether oxygens (including phenoxy) is 1. The molecule has 2 N–H and O–H groups in total. The van der Waals surface area contributed by atoms with Gasteiger partial charge in [0.25, 0.3) is 5.91 Å². The molecule has 3 heterocycles. The molecule has 0 aromatic carbocycles. The molecule has 140 valence electrons. The molecule has 0 atom stereocenters. The Morgan fingerprint density at radius 3 is 2.81 bits per heavy atom. The van der Waals surface area contributed by atoms with Gasteiger partial charge in [0.1, 0.15) is 11.8 Å². The first-order chi connectivity index (χ1) is 13.0. The number of carbonyl (C=O) groups is 1. The van der Waals surface area contributed by atoms with E-state index in [4.69, 9.17) is 4.74 Å². The van der Waals surface area contributed by atoms with Crippen molar-refractivity contribution in [2.24, 2.45) is 0 Å². The van der Waals surface area contributed by atoms with Crippen molar-refractivity contribution < 1.29 is 14.6 Å². The molecule has 9 heteroatoms. The van der Waals surface area contributed by atoms with E-state index < -0.39 is 5.60 Å². The quantitative estimate of drug-likeness (QED) is 0.662. The summed E-state index contributed by atoms with van der Waals surface area (Å²) in [6.45, 7) is 2.52. The van der Waals surface area contributed by atoms with E-state index in [1.807, 2.05) is 11.5 Å². The maximum Gasteiger partial charge on any atom is 0.255 e. The summed E-state index contributed by atoms with van der Waals surface area (Å²) in [4.78, 5) is 29.7. The molecule has 1 aliphatic rings. The van der Waals surface area contributed by atoms with E-state index in [0.29, 0.717) is 42.0 Å². The lowest BCUT2D eigenvalue weighted by Crippen LogP contribution is -2.33. The van der Waals surface area contributed by atoms with Crippen LogP contribution in [0.2, 0.25) is 0 Å². The summed E-state index contributed by atoms with van der Waals surface area (Å²) in [6, 6.07) is 0. The van der Waals surface area contributed by atoms with Crippen LogP contribution in [-0.4, -0.2) is 54.8 Å². The molecule has 0 radical (unpaired) electrons. The number of amides is 1. The van der Waals surface area contributed by atoms with Crippen molar-refractivity contribution in [3.63, 3.8) is 0 Å². The number of nitrogens with one attached hydrogen (secondary N) is 1. The molecule has 1 amide bonds. The van der Waals surface area contributed by atoms with Crippen LogP contribution in [0, 0.1) is 6.92 Å². The van der Waals surface area contributed by atoms with Gasteiger partial charge in [-0.25, -0.2) is 15.0 Å². The average Bonchev–Trinajstić information content (AvgIpc) is 3.31. The summed E-state index contributed by atoms with van der Waals surface area (Å²) in [5.74, 6) is 0.231. The van der Waals surface area contributed by atoms with Gasteiger partial charge < -0.3 is 19.7 Å². The Morgan fingerprint density at radius 2 is 2.07 bits per heavy atom. The Kier molecular flexibility index (Phi) is 4.23. The number of methoxy groups -OCH3 is 1. The fraction of sp³-hybridized carbons (Fsp3) is 0.389. The van der Waals surface area contributed by atoms with E-state index in [1.165, 1.54) is 6.33 Å². The van der Waals surface area contributed by atoms with Crippen LogP contribution in [0.4, 0.5) is 0 Å². The summed E-state index contributed by atoms with van der Waals surface area (Å²) < 4.78 is 7.08. The monoisotopic (exact) mass is 368 g/mol. The zero-order valence-corrected chi connectivity index (χ0v) is 15.1. The van der Waals surface area contributed by atoms with Crippen LogP contribution in [0.25, 0.3) is 11.2 Å². The molecule has 0 bridgehead atoms. The third-order valence-electron chi connectivity index (χ3n) is 4.80. The standard InChI is InChI=1S/C18H20N6O3/c1-11-13(22-10-23-17(11)27-2)8-24-7-12(14-15(24)20-6-5-19-14)16(25)21-9-18(26)3-4-18/h5-7,10,26H,3-4,8-9H2,1-2H3,(H,21,25). The van der Waals surface area contributed by atoms with Gasteiger partial charge in [-0.1, -0.05) is 0 Å². The summed E-state index contributed by atoms with van der Waals surface area (Å²) in [5, 5.41) is 12.7. The summed E-state index contributed by atoms with van der Waals surface area (Å²) in [7, 11) is 1.56. The number of nitrogens with zero attached hydrogens (tertiary/aromatic N) is 5. The molecule has 0 unspecified atom stereocenters. The van der Waals surface area contributed by atoms with E-state index >= 15 is 0 Å². The number of rotatable bonds is 6. The van der Waals surface area contributed by atoms with Crippen molar-refractivity contribution in [1.82, 2.24) is 29.8 Å². The van der Waals surface area contributed by atoms with Gasteiger partial charge in [-0.3, -0.25) is 9.78 Å². The van der Waals surface area contributed by atoms with Crippen molar-refractivity contribution in [3.8, 4) is 5.88 Å². The van der Waals surface area contributed by atoms with Gasteiger partial charge in [0.05, 0.1) is 30.5 Å². The molecule has 1 fully saturated rings. The normalized spacial score (nSPS) is 14.9. The maximum absolute atomic E-state index is 12.6.